The molecular weight excluding hydrogens is 496 g/mol. The molecule has 0 aliphatic heterocycles. The second-order valence-electron chi connectivity index (χ2n) is 10.7. The Balaban J connectivity index is 1.79. The van der Waals surface area contributed by atoms with Crippen molar-refractivity contribution in [2.45, 2.75) is 27.7 Å². The van der Waals surface area contributed by atoms with Crippen molar-refractivity contribution in [1.82, 2.24) is 0 Å². The maximum Gasteiger partial charge on any atom is 0.313 e. The third kappa shape index (κ3) is 4.17. The van der Waals surface area contributed by atoms with Gasteiger partial charge in [-0.2, -0.15) is 0 Å². The molecule has 0 N–H and O–H groups in total. The van der Waals surface area contributed by atoms with E-state index < -0.39 is 0 Å². The van der Waals surface area contributed by atoms with Crippen molar-refractivity contribution < 1.29 is 19.1 Å². The Morgan fingerprint density at radius 3 is 0.875 bits per heavy atom. The second-order valence-corrected chi connectivity index (χ2v) is 10.7. The fraction of sp³-hybridized carbons (Fsp3) is 0.167. The number of esters is 2. The number of benzene rings is 6. The number of fused-ring (bicyclic) bond motifs is 4. The SMILES string of the molecule is CC(C)C(=O)Oc1c2ccccc2c(-c2c3ccccc3c(OC(=O)C(C)C)c3ccccc23)c2ccccc12. The van der Waals surface area contributed by atoms with E-state index in [0.29, 0.717) is 11.5 Å². The minimum Gasteiger partial charge on any atom is -0.425 e. The predicted molar refractivity (Wildman–Crippen MR) is 163 cm³/mol. The van der Waals surface area contributed by atoms with Gasteiger partial charge in [-0.25, -0.2) is 0 Å². The normalized spacial score (nSPS) is 11.7. The predicted octanol–water partition coefficient (Wildman–Crippen LogP) is 9.09. The molecule has 6 aromatic rings. The molecule has 0 amide bonds. The molecule has 6 aromatic carbocycles. The zero-order valence-corrected chi connectivity index (χ0v) is 23.0. The summed E-state index contributed by atoms with van der Waals surface area (Å²) in [5.74, 6) is 0.0948. The van der Waals surface area contributed by atoms with E-state index >= 15 is 0 Å². The number of hydrogen-bond donors (Lipinski definition) is 0. The molecule has 0 radical (unpaired) electrons. The van der Waals surface area contributed by atoms with Gasteiger partial charge in [0.1, 0.15) is 11.5 Å². The molecule has 0 saturated carbocycles. The Hall–Kier alpha value is -4.70. The lowest BCUT2D eigenvalue weighted by Crippen LogP contribution is -2.15. The van der Waals surface area contributed by atoms with Crippen LogP contribution in [0.5, 0.6) is 11.5 Å². The molecule has 4 nitrogen and oxygen atoms in total. The van der Waals surface area contributed by atoms with E-state index in [2.05, 4.69) is 24.3 Å². The van der Waals surface area contributed by atoms with Crippen LogP contribution in [0.3, 0.4) is 0 Å². The summed E-state index contributed by atoms with van der Waals surface area (Å²) in [5, 5.41) is 7.40. The van der Waals surface area contributed by atoms with E-state index in [-0.39, 0.29) is 23.8 Å². The van der Waals surface area contributed by atoms with Crippen molar-refractivity contribution in [2.75, 3.05) is 0 Å². The first-order valence-electron chi connectivity index (χ1n) is 13.7. The summed E-state index contributed by atoms with van der Waals surface area (Å²) in [6.07, 6.45) is 0. The Morgan fingerprint density at radius 1 is 0.425 bits per heavy atom. The third-order valence-electron chi connectivity index (χ3n) is 7.36. The van der Waals surface area contributed by atoms with Crippen LogP contribution in [0.25, 0.3) is 54.2 Å². The highest BCUT2D eigenvalue weighted by molar-refractivity contribution is 6.27. The fourth-order valence-corrected chi connectivity index (χ4v) is 5.37. The molecule has 4 heteroatoms. The third-order valence-corrected chi connectivity index (χ3v) is 7.36. The van der Waals surface area contributed by atoms with E-state index in [1.54, 1.807) is 0 Å². The van der Waals surface area contributed by atoms with Crippen LogP contribution in [-0.2, 0) is 9.59 Å². The van der Waals surface area contributed by atoms with Crippen LogP contribution in [0.2, 0.25) is 0 Å². The van der Waals surface area contributed by atoms with E-state index in [9.17, 15) is 9.59 Å². The summed E-state index contributed by atoms with van der Waals surface area (Å²) in [6.45, 7) is 7.36. The van der Waals surface area contributed by atoms with Crippen molar-refractivity contribution in [3.63, 3.8) is 0 Å². The van der Waals surface area contributed by atoms with Crippen LogP contribution in [0.1, 0.15) is 27.7 Å². The minimum atomic E-state index is -0.268. The van der Waals surface area contributed by atoms with Gasteiger partial charge >= 0.3 is 11.9 Å². The summed E-state index contributed by atoms with van der Waals surface area (Å²) in [5.41, 5.74) is 2.09. The molecule has 0 saturated heterocycles. The van der Waals surface area contributed by atoms with Gasteiger partial charge in [0.05, 0.1) is 11.8 Å². The molecule has 0 heterocycles. The van der Waals surface area contributed by atoms with E-state index in [1.165, 1.54) is 0 Å². The molecule has 0 aliphatic rings. The summed E-state index contributed by atoms with van der Waals surface area (Å²) < 4.78 is 12.1. The standard InChI is InChI=1S/C36H30O4/c1-21(2)35(37)39-33-27-17-9-5-13-23(27)31(24-14-6-10-18-28(24)33)32-25-15-7-11-19-29(25)34(40-36(38)22(3)4)30-20-12-8-16-26(30)32/h5-22H,1-4H3. The van der Waals surface area contributed by atoms with Gasteiger partial charge < -0.3 is 9.47 Å². The van der Waals surface area contributed by atoms with E-state index in [4.69, 9.17) is 9.47 Å². The van der Waals surface area contributed by atoms with Gasteiger partial charge in [0.25, 0.3) is 0 Å². The fourth-order valence-electron chi connectivity index (χ4n) is 5.37. The zero-order valence-electron chi connectivity index (χ0n) is 23.0. The smallest absolute Gasteiger partial charge is 0.313 e. The Morgan fingerprint density at radius 2 is 0.650 bits per heavy atom. The summed E-state index contributed by atoms with van der Waals surface area (Å²) >= 11 is 0. The summed E-state index contributed by atoms with van der Waals surface area (Å²) in [7, 11) is 0. The lowest BCUT2D eigenvalue weighted by molar-refractivity contribution is -0.138. The van der Waals surface area contributed by atoms with Gasteiger partial charge in [0, 0.05) is 21.5 Å². The lowest BCUT2D eigenvalue weighted by Gasteiger charge is -2.21. The van der Waals surface area contributed by atoms with Gasteiger partial charge in [-0.1, -0.05) is 125 Å². The van der Waals surface area contributed by atoms with Gasteiger partial charge in [-0.05, 0) is 32.7 Å². The first-order valence-corrected chi connectivity index (χ1v) is 13.7. The lowest BCUT2D eigenvalue weighted by atomic mass is 9.85. The van der Waals surface area contributed by atoms with Crippen LogP contribution in [-0.4, -0.2) is 11.9 Å². The van der Waals surface area contributed by atoms with Crippen LogP contribution in [0, 0.1) is 11.8 Å². The maximum atomic E-state index is 12.8. The highest BCUT2D eigenvalue weighted by Crippen LogP contribution is 2.49. The van der Waals surface area contributed by atoms with Crippen molar-refractivity contribution >= 4 is 55.0 Å². The van der Waals surface area contributed by atoms with Crippen LogP contribution < -0.4 is 9.47 Å². The molecule has 0 bridgehead atoms. The van der Waals surface area contributed by atoms with Crippen molar-refractivity contribution in [3.05, 3.63) is 97.1 Å². The number of ether oxygens (including phenoxy) is 2. The number of hydrogen-bond acceptors (Lipinski definition) is 4. The highest BCUT2D eigenvalue weighted by atomic mass is 16.5. The zero-order chi connectivity index (χ0) is 28.0. The van der Waals surface area contributed by atoms with E-state index in [1.807, 2.05) is 100 Å². The molecule has 0 aromatic heterocycles. The van der Waals surface area contributed by atoms with Gasteiger partial charge in [0.2, 0.25) is 0 Å². The van der Waals surface area contributed by atoms with Crippen molar-refractivity contribution in [2.24, 2.45) is 11.8 Å². The molecule has 0 spiro atoms. The molecule has 0 fully saturated rings. The van der Waals surface area contributed by atoms with Gasteiger partial charge in [-0.3, -0.25) is 9.59 Å². The van der Waals surface area contributed by atoms with Crippen molar-refractivity contribution in [1.29, 1.82) is 0 Å². The number of carbonyl (C=O) groups excluding carboxylic acids is 2. The highest BCUT2D eigenvalue weighted by Gasteiger charge is 2.24. The largest absolute Gasteiger partial charge is 0.425 e. The molecule has 0 unspecified atom stereocenters. The molecule has 0 aliphatic carbocycles. The molecular formula is C36H30O4. The number of rotatable bonds is 5. The monoisotopic (exact) mass is 526 g/mol. The van der Waals surface area contributed by atoms with Crippen molar-refractivity contribution in [3.8, 4) is 22.6 Å². The Kier molecular flexibility index (Phi) is 6.47. The Labute approximate surface area is 233 Å². The summed E-state index contributed by atoms with van der Waals surface area (Å²) in [4.78, 5) is 25.6. The van der Waals surface area contributed by atoms with Gasteiger partial charge in [-0.15, -0.1) is 0 Å². The first kappa shape index (κ1) is 25.6. The van der Waals surface area contributed by atoms with E-state index in [0.717, 1.165) is 54.2 Å². The topological polar surface area (TPSA) is 52.6 Å². The minimum absolute atomic E-state index is 0.258. The van der Waals surface area contributed by atoms with Gasteiger partial charge in [0.15, 0.2) is 0 Å². The maximum absolute atomic E-state index is 12.8. The second kappa shape index (κ2) is 10.1. The van der Waals surface area contributed by atoms with Crippen LogP contribution in [0.4, 0.5) is 0 Å². The molecule has 40 heavy (non-hydrogen) atoms. The average molecular weight is 527 g/mol. The quantitative estimate of drug-likeness (QED) is 0.128. The molecule has 0 atom stereocenters. The number of carbonyl (C=O) groups is 2. The summed E-state index contributed by atoms with van der Waals surface area (Å²) in [6, 6.07) is 32.3. The average Bonchev–Trinajstić information content (AvgIpc) is 2.97. The van der Waals surface area contributed by atoms with Crippen LogP contribution >= 0.6 is 0 Å². The van der Waals surface area contributed by atoms with Crippen LogP contribution in [0.15, 0.2) is 97.1 Å². The molecule has 198 valence electrons. The first-order chi connectivity index (χ1) is 19.4. The molecule has 6 rings (SSSR count). The Bertz CT molecular complexity index is 1690.